The minimum absolute atomic E-state index is 0.383. The predicted molar refractivity (Wildman–Crippen MR) is 75.9 cm³/mol. The highest BCUT2D eigenvalue weighted by atomic mass is 79.9. The zero-order chi connectivity index (χ0) is 12.3. The molecular weight excluding hydrogens is 276 g/mol. The van der Waals surface area contributed by atoms with Gasteiger partial charge in [-0.1, -0.05) is 48.0 Å². The molecule has 94 valence electrons. The molecule has 0 bridgehead atoms. The third kappa shape index (κ3) is 3.48. The Labute approximate surface area is 113 Å². The highest BCUT2D eigenvalue weighted by Crippen LogP contribution is 2.32. The summed E-state index contributed by atoms with van der Waals surface area (Å²) in [7, 11) is 0. The second-order valence-electron chi connectivity index (χ2n) is 5.44. The number of ether oxygens (including phenoxy) is 1. The molecule has 0 radical (unpaired) electrons. The Morgan fingerprint density at radius 2 is 2.12 bits per heavy atom. The van der Waals surface area contributed by atoms with E-state index in [1.807, 2.05) is 0 Å². The summed E-state index contributed by atoms with van der Waals surface area (Å²) >= 11 is 3.63. The van der Waals surface area contributed by atoms with E-state index in [-0.39, 0.29) is 0 Å². The molecule has 0 fully saturated rings. The maximum absolute atomic E-state index is 6.00. The topological polar surface area (TPSA) is 9.23 Å². The molecule has 1 aliphatic rings. The first-order valence-electron chi connectivity index (χ1n) is 6.49. The summed E-state index contributed by atoms with van der Waals surface area (Å²) in [6.45, 7) is 4.58. The number of benzene rings is 1. The number of rotatable bonds is 5. The van der Waals surface area contributed by atoms with Gasteiger partial charge in [0.15, 0.2) is 0 Å². The van der Waals surface area contributed by atoms with Gasteiger partial charge in [0.1, 0.15) is 11.9 Å². The Bertz CT molecular complexity index is 337. The molecule has 0 aliphatic carbocycles. The standard InChI is InChI=1S/C15H21BrO/c1-11(2)7-12(10-16)8-14-9-13-5-3-4-6-15(13)17-14/h3-6,11-12,14H,7-10H2,1-2H3. The molecule has 0 spiro atoms. The number of hydrogen-bond donors (Lipinski definition) is 0. The lowest BCUT2D eigenvalue weighted by Crippen LogP contribution is -2.20. The van der Waals surface area contributed by atoms with Crippen LogP contribution in [-0.4, -0.2) is 11.4 Å². The lowest BCUT2D eigenvalue weighted by molar-refractivity contribution is 0.191. The van der Waals surface area contributed by atoms with Crippen LogP contribution in [0.1, 0.15) is 32.3 Å². The van der Waals surface area contributed by atoms with Gasteiger partial charge in [0.25, 0.3) is 0 Å². The Morgan fingerprint density at radius 1 is 1.35 bits per heavy atom. The van der Waals surface area contributed by atoms with Gasteiger partial charge in [-0.25, -0.2) is 0 Å². The van der Waals surface area contributed by atoms with Gasteiger partial charge in [0.05, 0.1) is 0 Å². The molecule has 2 rings (SSSR count). The van der Waals surface area contributed by atoms with Crippen LogP contribution in [0.4, 0.5) is 0 Å². The molecule has 1 nitrogen and oxygen atoms in total. The van der Waals surface area contributed by atoms with E-state index in [1.54, 1.807) is 0 Å². The predicted octanol–water partition coefficient (Wildman–Crippen LogP) is 4.44. The largest absolute Gasteiger partial charge is 0.490 e. The van der Waals surface area contributed by atoms with Gasteiger partial charge in [0, 0.05) is 11.8 Å². The zero-order valence-electron chi connectivity index (χ0n) is 10.7. The minimum atomic E-state index is 0.383. The number of hydrogen-bond acceptors (Lipinski definition) is 1. The summed E-state index contributed by atoms with van der Waals surface area (Å²) in [5, 5.41) is 1.08. The second kappa shape index (κ2) is 5.90. The van der Waals surface area contributed by atoms with Crippen molar-refractivity contribution in [3.8, 4) is 5.75 Å². The average molecular weight is 297 g/mol. The summed E-state index contributed by atoms with van der Waals surface area (Å²) in [6.07, 6.45) is 3.91. The second-order valence-corrected chi connectivity index (χ2v) is 6.08. The Hall–Kier alpha value is -0.500. The van der Waals surface area contributed by atoms with Gasteiger partial charge >= 0.3 is 0 Å². The van der Waals surface area contributed by atoms with E-state index in [0.717, 1.165) is 35.8 Å². The molecule has 1 aromatic carbocycles. The van der Waals surface area contributed by atoms with Crippen molar-refractivity contribution in [3.05, 3.63) is 29.8 Å². The molecule has 1 aromatic rings. The van der Waals surface area contributed by atoms with Crippen molar-refractivity contribution in [2.24, 2.45) is 11.8 Å². The zero-order valence-corrected chi connectivity index (χ0v) is 12.2. The molecule has 1 heterocycles. The van der Waals surface area contributed by atoms with Gasteiger partial charge in [-0.2, -0.15) is 0 Å². The fourth-order valence-corrected chi connectivity index (χ4v) is 3.17. The molecule has 0 saturated carbocycles. The summed E-state index contributed by atoms with van der Waals surface area (Å²) < 4.78 is 6.00. The third-order valence-corrected chi connectivity index (χ3v) is 4.25. The van der Waals surface area contributed by atoms with Crippen molar-refractivity contribution in [1.82, 2.24) is 0 Å². The average Bonchev–Trinajstić information content (AvgIpc) is 2.69. The van der Waals surface area contributed by atoms with E-state index in [2.05, 4.69) is 54.0 Å². The minimum Gasteiger partial charge on any atom is -0.490 e. The molecule has 2 atom stereocenters. The van der Waals surface area contributed by atoms with Gasteiger partial charge in [-0.15, -0.1) is 0 Å². The van der Waals surface area contributed by atoms with Gasteiger partial charge in [-0.05, 0) is 36.3 Å². The van der Waals surface area contributed by atoms with Crippen LogP contribution in [-0.2, 0) is 6.42 Å². The quantitative estimate of drug-likeness (QED) is 0.730. The summed E-state index contributed by atoms with van der Waals surface area (Å²) in [5.41, 5.74) is 1.37. The van der Waals surface area contributed by atoms with Crippen LogP contribution >= 0.6 is 15.9 Å². The van der Waals surface area contributed by atoms with Gasteiger partial charge < -0.3 is 4.74 Å². The maximum Gasteiger partial charge on any atom is 0.123 e. The highest BCUT2D eigenvalue weighted by molar-refractivity contribution is 9.09. The first-order valence-corrected chi connectivity index (χ1v) is 7.61. The van der Waals surface area contributed by atoms with Crippen LogP contribution in [0.25, 0.3) is 0 Å². The molecule has 0 aromatic heterocycles. The van der Waals surface area contributed by atoms with Crippen LogP contribution in [0.15, 0.2) is 24.3 Å². The first-order chi connectivity index (χ1) is 8.19. The maximum atomic E-state index is 6.00. The van der Waals surface area contributed by atoms with Crippen molar-refractivity contribution in [2.45, 2.75) is 39.2 Å². The van der Waals surface area contributed by atoms with Crippen LogP contribution in [0.3, 0.4) is 0 Å². The van der Waals surface area contributed by atoms with E-state index in [9.17, 15) is 0 Å². The Kier molecular flexibility index (Phi) is 4.49. The van der Waals surface area contributed by atoms with Crippen LogP contribution < -0.4 is 4.74 Å². The third-order valence-electron chi connectivity index (χ3n) is 3.33. The first kappa shape index (κ1) is 12.9. The van der Waals surface area contributed by atoms with Crippen molar-refractivity contribution < 1.29 is 4.74 Å². The summed E-state index contributed by atoms with van der Waals surface area (Å²) in [4.78, 5) is 0. The fourth-order valence-electron chi connectivity index (χ4n) is 2.65. The normalized spacial score (nSPS) is 20.1. The molecule has 2 unspecified atom stereocenters. The van der Waals surface area contributed by atoms with Crippen LogP contribution in [0.2, 0.25) is 0 Å². The lowest BCUT2D eigenvalue weighted by Gasteiger charge is -2.20. The molecule has 0 saturated heterocycles. The van der Waals surface area contributed by atoms with Gasteiger partial charge in [0.2, 0.25) is 0 Å². The Balaban J connectivity index is 1.90. The van der Waals surface area contributed by atoms with E-state index in [0.29, 0.717) is 6.10 Å². The fraction of sp³-hybridized carbons (Fsp3) is 0.600. The molecule has 2 heteroatoms. The SMILES string of the molecule is CC(C)CC(CBr)CC1Cc2ccccc2O1. The Morgan fingerprint density at radius 3 is 2.76 bits per heavy atom. The van der Waals surface area contributed by atoms with E-state index >= 15 is 0 Å². The number of para-hydroxylation sites is 1. The lowest BCUT2D eigenvalue weighted by atomic mass is 9.92. The van der Waals surface area contributed by atoms with Crippen molar-refractivity contribution >= 4 is 15.9 Å². The number of fused-ring (bicyclic) bond motifs is 1. The summed E-state index contributed by atoms with van der Waals surface area (Å²) in [5.74, 6) is 2.59. The van der Waals surface area contributed by atoms with Crippen LogP contribution in [0.5, 0.6) is 5.75 Å². The van der Waals surface area contributed by atoms with Crippen molar-refractivity contribution in [1.29, 1.82) is 0 Å². The van der Waals surface area contributed by atoms with E-state index in [4.69, 9.17) is 4.74 Å². The van der Waals surface area contributed by atoms with E-state index < -0.39 is 0 Å². The van der Waals surface area contributed by atoms with Crippen molar-refractivity contribution in [3.63, 3.8) is 0 Å². The summed E-state index contributed by atoms with van der Waals surface area (Å²) in [6, 6.07) is 8.42. The monoisotopic (exact) mass is 296 g/mol. The molecule has 17 heavy (non-hydrogen) atoms. The number of alkyl halides is 1. The smallest absolute Gasteiger partial charge is 0.123 e. The molecule has 1 aliphatic heterocycles. The number of halogens is 1. The highest BCUT2D eigenvalue weighted by Gasteiger charge is 2.25. The van der Waals surface area contributed by atoms with E-state index in [1.165, 1.54) is 12.0 Å². The van der Waals surface area contributed by atoms with Crippen molar-refractivity contribution in [2.75, 3.05) is 5.33 Å². The molecule has 0 N–H and O–H groups in total. The van der Waals surface area contributed by atoms with Gasteiger partial charge in [-0.3, -0.25) is 0 Å². The molecular formula is C15H21BrO. The molecule has 0 amide bonds. The van der Waals surface area contributed by atoms with Crippen LogP contribution in [0, 0.1) is 11.8 Å².